The Labute approximate surface area is 163 Å². The SMILES string of the molecule is CCCCOCCOCCNC(=NC)N1CCC(Oc2ccccc2)CC1. The van der Waals surface area contributed by atoms with E-state index in [0.29, 0.717) is 19.8 Å². The van der Waals surface area contributed by atoms with Crippen LogP contribution in [-0.4, -0.2) is 70.1 Å². The van der Waals surface area contributed by atoms with E-state index in [1.54, 1.807) is 0 Å². The van der Waals surface area contributed by atoms with E-state index in [1.807, 2.05) is 37.4 Å². The molecule has 6 heteroatoms. The minimum atomic E-state index is 0.276. The third kappa shape index (κ3) is 8.63. The molecule has 0 amide bonds. The topological polar surface area (TPSA) is 55.3 Å². The molecule has 0 spiro atoms. The van der Waals surface area contributed by atoms with Crippen LogP contribution in [0.1, 0.15) is 32.6 Å². The Balaban J connectivity index is 1.56. The first-order valence-corrected chi connectivity index (χ1v) is 10.2. The maximum atomic E-state index is 6.06. The van der Waals surface area contributed by atoms with Crippen molar-refractivity contribution in [3.8, 4) is 5.75 Å². The molecule has 0 atom stereocenters. The van der Waals surface area contributed by atoms with Crippen LogP contribution >= 0.6 is 0 Å². The first kappa shape index (κ1) is 21.5. The van der Waals surface area contributed by atoms with E-state index in [4.69, 9.17) is 14.2 Å². The predicted molar refractivity (Wildman–Crippen MR) is 110 cm³/mol. The number of para-hydroxylation sites is 1. The number of hydrogen-bond acceptors (Lipinski definition) is 4. The second-order valence-corrected chi connectivity index (χ2v) is 6.67. The first-order valence-electron chi connectivity index (χ1n) is 10.2. The Morgan fingerprint density at radius 1 is 1.07 bits per heavy atom. The molecule has 1 N–H and O–H groups in total. The smallest absolute Gasteiger partial charge is 0.193 e. The zero-order chi connectivity index (χ0) is 19.2. The Morgan fingerprint density at radius 2 is 1.78 bits per heavy atom. The van der Waals surface area contributed by atoms with Gasteiger partial charge in [-0.25, -0.2) is 0 Å². The molecule has 0 aliphatic carbocycles. The molecule has 152 valence electrons. The molecule has 0 bridgehead atoms. The number of rotatable bonds is 11. The quantitative estimate of drug-likeness (QED) is 0.365. The number of unbranched alkanes of at least 4 members (excludes halogenated alkanes) is 1. The van der Waals surface area contributed by atoms with Crippen LogP contribution in [0.15, 0.2) is 35.3 Å². The average Bonchev–Trinajstić information content (AvgIpc) is 2.71. The fourth-order valence-electron chi connectivity index (χ4n) is 3.01. The summed E-state index contributed by atoms with van der Waals surface area (Å²) < 4.78 is 17.1. The van der Waals surface area contributed by atoms with Gasteiger partial charge in [0.25, 0.3) is 0 Å². The van der Waals surface area contributed by atoms with Gasteiger partial charge < -0.3 is 24.4 Å². The standard InChI is InChI=1S/C21H35N3O3/c1-3-4-15-25-17-18-26-16-12-23-21(22-2)24-13-10-20(11-14-24)27-19-8-6-5-7-9-19/h5-9,20H,3-4,10-18H2,1-2H3,(H,22,23). The Bertz CT molecular complexity index is 517. The molecule has 1 fully saturated rings. The van der Waals surface area contributed by atoms with Crippen molar-refractivity contribution in [2.24, 2.45) is 4.99 Å². The number of nitrogens with zero attached hydrogens (tertiary/aromatic N) is 2. The summed E-state index contributed by atoms with van der Waals surface area (Å²) in [5.41, 5.74) is 0. The van der Waals surface area contributed by atoms with Crippen molar-refractivity contribution in [1.29, 1.82) is 0 Å². The number of guanidine groups is 1. The molecule has 1 aromatic rings. The largest absolute Gasteiger partial charge is 0.490 e. The van der Waals surface area contributed by atoms with Crippen LogP contribution in [0, 0.1) is 0 Å². The van der Waals surface area contributed by atoms with Crippen molar-refractivity contribution in [2.45, 2.75) is 38.7 Å². The molecule has 0 radical (unpaired) electrons. The van der Waals surface area contributed by atoms with Crippen molar-refractivity contribution >= 4 is 5.96 Å². The molecular weight excluding hydrogens is 342 g/mol. The molecule has 0 unspecified atom stereocenters. The number of aliphatic imine (C=N–C) groups is 1. The van der Waals surface area contributed by atoms with E-state index in [0.717, 1.165) is 57.2 Å². The van der Waals surface area contributed by atoms with Gasteiger partial charge >= 0.3 is 0 Å². The highest BCUT2D eigenvalue weighted by Gasteiger charge is 2.22. The van der Waals surface area contributed by atoms with Gasteiger partial charge in [0.1, 0.15) is 11.9 Å². The Morgan fingerprint density at radius 3 is 2.44 bits per heavy atom. The van der Waals surface area contributed by atoms with E-state index >= 15 is 0 Å². The number of piperidine rings is 1. The number of nitrogens with one attached hydrogen (secondary N) is 1. The van der Waals surface area contributed by atoms with Crippen molar-refractivity contribution in [3.05, 3.63) is 30.3 Å². The molecule has 27 heavy (non-hydrogen) atoms. The van der Waals surface area contributed by atoms with Gasteiger partial charge in [-0.1, -0.05) is 31.5 Å². The van der Waals surface area contributed by atoms with Gasteiger partial charge in [-0.2, -0.15) is 0 Å². The van der Waals surface area contributed by atoms with Crippen molar-refractivity contribution < 1.29 is 14.2 Å². The minimum absolute atomic E-state index is 0.276. The second-order valence-electron chi connectivity index (χ2n) is 6.67. The Hall–Kier alpha value is -1.79. The molecule has 0 aromatic heterocycles. The number of likely N-dealkylation sites (tertiary alicyclic amines) is 1. The molecule has 1 heterocycles. The molecule has 1 saturated heterocycles. The number of hydrogen-bond donors (Lipinski definition) is 1. The second kappa shape index (κ2) is 13.4. The minimum Gasteiger partial charge on any atom is -0.490 e. The summed E-state index contributed by atoms with van der Waals surface area (Å²) in [6.45, 7) is 7.61. The van der Waals surface area contributed by atoms with Gasteiger partial charge in [0.15, 0.2) is 5.96 Å². The maximum absolute atomic E-state index is 6.06. The lowest BCUT2D eigenvalue weighted by atomic mass is 10.1. The van der Waals surface area contributed by atoms with E-state index in [9.17, 15) is 0 Å². The summed E-state index contributed by atoms with van der Waals surface area (Å²) in [5, 5.41) is 3.38. The fourth-order valence-corrected chi connectivity index (χ4v) is 3.01. The predicted octanol–water partition coefficient (Wildman–Crippen LogP) is 2.94. The van der Waals surface area contributed by atoms with Crippen LogP contribution in [0.4, 0.5) is 0 Å². The third-order valence-corrected chi connectivity index (χ3v) is 4.54. The first-order chi connectivity index (χ1) is 13.3. The van der Waals surface area contributed by atoms with E-state index in [-0.39, 0.29) is 6.10 Å². The van der Waals surface area contributed by atoms with Gasteiger partial charge in [0, 0.05) is 46.1 Å². The van der Waals surface area contributed by atoms with Crippen molar-refractivity contribution in [2.75, 3.05) is 53.1 Å². The zero-order valence-corrected chi connectivity index (χ0v) is 16.9. The average molecular weight is 378 g/mol. The van der Waals surface area contributed by atoms with Crippen LogP contribution in [0.2, 0.25) is 0 Å². The van der Waals surface area contributed by atoms with Gasteiger partial charge in [-0.05, 0) is 18.6 Å². The summed E-state index contributed by atoms with van der Waals surface area (Å²) in [4.78, 5) is 6.69. The van der Waals surface area contributed by atoms with Crippen LogP contribution in [-0.2, 0) is 9.47 Å². The van der Waals surface area contributed by atoms with Crippen LogP contribution in [0.25, 0.3) is 0 Å². The highest BCUT2D eigenvalue weighted by atomic mass is 16.5. The van der Waals surface area contributed by atoms with Crippen molar-refractivity contribution in [3.63, 3.8) is 0 Å². The van der Waals surface area contributed by atoms with E-state index in [1.165, 1.54) is 6.42 Å². The monoisotopic (exact) mass is 377 g/mol. The summed E-state index contributed by atoms with van der Waals surface area (Å²) in [6.07, 6.45) is 4.56. The number of ether oxygens (including phenoxy) is 3. The molecule has 1 aliphatic rings. The highest BCUT2D eigenvalue weighted by Crippen LogP contribution is 2.18. The molecule has 1 aromatic carbocycles. The summed E-state index contributed by atoms with van der Waals surface area (Å²) in [7, 11) is 1.83. The summed E-state index contributed by atoms with van der Waals surface area (Å²) in [5.74, 6) is 1.89. The number of benzene rings is 1. The molecule has 6 nitrogen and oxygen atoms in total. The third-order valence-electron chi connectivity index (χ3n) is 4.54. The van der Waals surface area contributed by atoms with Crippen molar-refractivity contribution in [1.82, 2.24) is 10.2 Å². The molecule has 0 saturated carbocycles. The summed E-state index contributed by atoms with van der Waals surface area (Å²) in [6, 6.07) is 10.1. The van der Waals surface area contributed by atoms with Gasteiger partial charge in [-0.3, -0.25) is 4.99 Å². The van der Waals surface area contributed by atoms with E-state index < -0.39 is 0 Å². The van der Waals surface area contributed by atoms with Crippen LogP contribution in [0.3, 0.4) is 0 Å². The lowest BCUT2D eigenvalue weighted by Gasteiger charge is -2.34. The molecular formula is C21H35N3O3. The normalized spacial score (nSPS) is 15.8. The summed E-state index contributed by atoms with van der Waals surface area (Å²) >= 11 is 0. The zero-order valence-electron chi connectivity index (χ0n) is 16.9. The lowest BCUT2D eigenvalue weighted by Crippen LogP contribution is -2.48. The van der Waals surface area contributed by atoms with Crippen LogP contribution in [0.5, 0.6) is 5.75 Å². The fraction of sp³-hybridized carbons (Fsp3) is 0.667. The van der Waals surface area contributed by atoms with Gasteiger partial charge in [-0.15, -0.1) is 0 Å². The maximum Gasteiger partial charge on any atom is 0.193 e. The molecule has 2 rings (SSSR count). The lowest BCUT2D eigenvalue weighted by molar-refractivity contribution is 0.0485. The Kier molecular flexibility index (Phi) is 10.7. The molecule has 1 aliphatic heterocycles. The van der Waals surface area contributed by atoms with Gasteiger partial charge in [0.2, 0.25) is 0 Å². The van der Waals surface area contributed by atoms with Crippen LogP contribution < -0.4 is 10.1 Å². The highest BCUT2D eigenvalue weighted by molar-refractivity contribution is 5.79. The van der Waals surface area contributed by atoms with E-state index in [2.05, 4.69) is 22.1 Å². The van der Waals surface area contributed by atoms with Gasteiger partial charge in [0.05, 0.1) is 19.8 Å².